The van der Waals surface area contributed by atoms with E-state index >= 15 is 0 Å². The highest BCUT2D eigenvalue weighted by Crippen LogP contribution is 2.19. The SMILES string of the molecule is CCN(CC1CCN(Cc2ccccc2)C1)C(=O)CNC(=O)CN. The van der Waals surface area contributed by atoms with Crippen LogP contribution in [0.5, 0.6) is 0 Å². The first kappa shape index (κ1) is 18.4. The molecule has 0 radical (unpaired) electrons. The van der Waals surface area contributed by atoms with Crippen LogP contribution in [0.1, 0.15) is 18.9 Å². The summed E-state index contributed by atoms with van der Waals surface area (Å²) in [6.07, 6.45) is 1.10. The summed E-state index contributed by atoms with van der Waals surface area (Å²) >= 11 is 0. The quantitative estimate of drug-likeness (QED) is 0.724. The maximum atomic E-state index is 12.2. The molecular formula is C18H28N4O2. The monoisotopic (exact) mass is 332 g/mol. The van der Waals surface area contributed by atoms with Crippen molar-refractivity contribution in [2.24, 2.45) is 11.7 Å². The second-order valence-corrected chi connectivity index (χ2v) is 6.29. The Labute approximate surface area is 144 Å². The van der Waals surface area contributed by atoms with Crippen LogP contribution < -0.4 is 11.1 Å². The average Bonchev–Trinajstić information content (AvgIpc) is 3.05. The number of likely N-dealkylation sites (tertiary alicyclic amines) is 1. The van der Waals surface area contributed by atoms with Crippen molar-refractivity contribution in [3.05, 3.63) is 35.9 Å². The number of amides is 2. The first-order valence-corrected chi connectivity index (χ1v) is 8.63. The smallest absolute Gasteiger partial charge is 0.241 e. The van der Waals surface area contributed by atoms with Gasteiger partial charge in [-0.15, -0.1) is 0 Å². The molecule has 1 atom stereocenters. The fraction of sp³-hybridized carbons (Fsp3) is 0.556. The van der Waals surface area contributed by atoms with Crippen LogP contribution in [0.4, 0.5) is 0 Å². The van der Waals surface area contributed by atoms with E-state index in [1.807, 2.05) is 17.9 Å². The van der Waals surface area contributed by atoms with Crippen molar-refractivity contribution in [2.75, 3.05) is 39.3 Å². The third kappa shape index (κ3) is 5.62. The number of carbonyl (C=O) groups is 2. The maximum Gasteiger partial charge on any atom is 0.241 e. The molecule has 6 nitrogen and oxygen atoms in total. The fourth-order valence-electron chi connectivity index (χ4n) is 3.12. The van der Waals surface area contributed by atoms with Crippen molar-refractivity contribution in [1.82, 2.24) is 15.1 Å². The van der Waals surface area contributed by atoms with Crippen molar-refractivity contribution in [1.29, 1.82) is 0 Å². The van der Waals surface area contributed by atoms with E-state index in [1.54, 1.807) is 0 Å². The van der Waals surface area contributed by atoms with E-state index in [0.29, 0.717) is 12.5 Å². The molecule has 0 spiro atoms. The van der Waals surface area contributed by atoms with Crippen molar-refractivity contribution in [2.45, 2.75) is 19.9 Å². The van der Waals surface area contributed by atoms with Gasteiger partial charge in [0, 0.05) is 26.2 Å². The minimum Gasteiger partial charge on any atom is -0.346 e. The molecule has 0 saturated carbocycles. The van der Waals surface area contributed by atoms with Gasteiger partial charge >= 0.3 is 0 Å². The van der Waals surface area contributed by atoms with Crippen LogP contribution in [0.2, 0.25) is 0 Å². The van der Waals surface area contributed by atoms with Crippen molar-refractivity contribution in [3.8, 4) is 0 Å². The molecule has 1 saturated heterocycles. The minimum atomic E-state index is -0.297. The summed E-state index contributed by atoms with van der Waals surface area (Å²) < 4.78 is 0. The van der Waals surface area contributed by atoms with Crippen LogP contribution in [-0.4, -0.2) is 60.9 Å². The lowest BCUT2D eigenvalue weighted by molar-refractivity contribution is -0.132. The van der Waals surface area contributed by atoms with Gasteiger partial charge < -0.3 is 16.0 Å². The van der Waals surface area contributed by atoms with Gasteiger partial charge in [-0.2, -0.15) is 0 Å². The van der Waals surface area contributed by atoms with E-state index in [-0.39, 0.29) is 24.9 Å². The second-order valence-electron chi connectivity index (χ2n) is 6.29. The predicted octanol–water partition coefficient (Wildman–Crippen LogP) is 0.432. The third-order valence-corrected chi connectivity index (χ3v) is 4.45. The Morgan fingerprint density at radius 3 is 2.75 bits per heavy atom. The van der Waals surface area contributed by atoms with Gasteiger partial charge in [-0.3, -0.25) is 14.5 Å². The molecule has 1 aromatic rings. The van der Waals surface area contributed by atoms with Crippen LogP contribution in [0.3, 0.4) is 0 Å². The van der Waals surface area contributed by atoms with E-state index in [4.69, 9.17) is 5.73 Å². The van der Waals surface area contributed by atoms with Crippen LogP contribution in [0.25, 0.3) is 0 Å². The summed E-state index contributed by atoms with van der Waals surface area (Å²) in [4.78, 5) is 27.7. The van der Waals surface area contributed by atoms with Crippen molar-refractivity contribution < 1.29 is 9.59 Å². The van der Waals surface area contributed by atoms with Crippen molar-refractivity contribution in [3.63, 3.8) is 0 Å². The molecule has 1 heterocycles. The lowest BCUT2D eigenvalue weighted by Crippen LogP contribution is -2.43. The number of nitrogens with one attached hydrogen (secondary N) is 1. The zero-order chi connectivity index (χ0) is 17.4. The fourth-order valence-corrected chi connectivity index (χ4v) is 3.12. The summed E-state index contributed by atoms with van der Waals surface area (Å²) in [5.41, 5.74) is 6.56. The highest BCUT2D eigenvalue weighted by atomic mass is 16.2. The highest BCUT2D eigenvalue weighted by molar-refractivity contribution is 5.85. The average molecular weight is 332 g/mol. The van der Waals surface area contributed by atoms with Crippen LogP contribution in [0, 0.1) is 5.92 Å². The molecule has 1 aliphatic rings. The molecule has 1 fully saturated rings. The molecule has 0 aliphatic carbocycles. The van der Waals surface area contributed by atoms with E-state index in [0.717, 1.165) is 32.6 Å². The number of hydrogen-bond donors (Lipinski definition) is 2. The number of hydrogen-bond acceptors (Lipinski definition) is 4. The highest BCUT2D eigenvalue weighted by Gasteiger charge is 2.25. The van der Waals surface area contributed by atoms with E-state index in [2.05, 4.69) is 34.5 Å². The molecule has 0 bridgehead atoms. The lowest BCUT2D eigenvalue weighted by atomic mass is 10.1. The normalized spacial score (nSPS) is 17.7. The molecule has 2 rings (SSSR count). The maximum absolute atomic E-state index is 12.2. The Bertz CT molecular complexity index is 535. The Morgan fingerprint density at radius 2 is 2.08 bits per heavy atom. The van der Waals surface area contributed by atoms with Crippen molar-refractivity contribution >= 4 is 11.8 Å². The van der Waals surface area contributed by atoms with Crippen LogP contribution in [-0.2, 0) is 16.1 Å². The van der Waals surface area contributed by atoms with Crippen LogP contribution in [0.15, 0.2) is 30.3 Å². The molecule has 2 amide bonds. The number of benzene rings is 1. The number of carbonyl (C=O) groups excluding carboxylic acids is 2. The number of likely N-dealkylation sites (N-methyl/N-ethyl adjacent to an activating group) is 1. The topological polar surface area (TPSA) is 78.7 Å². The molecule has 0 aromatic heterocycles. The van der Waals surface area contributed by atoms with Gasteiger partial charge in [0.25, 0.3) is 0 Å². The first-order chi connectivity index (χ1) is 11.6. The van der Waals surface area contributed by atoms with Gasteiger partial charge in [0.1, 0.15) is 0 Å². The summed E-state index contributed by atoms with van der Waals surface area (Å²) in [6, 6.07) is 10.5. The zero-order valence-electron chi connectivity index (χ0n) is 14.4. The molecular weight excluding hydrogens is 304 g/mol. The summed E-state index contributed by atoms with van der Waals surface area (Å²) in [7, 11) is 0. The van der Waals surface area contributed by atoms with E-state index in [9.17, 15) is 9.59 Å². The summed E-state index contributed by atoms with van der Waals surface area (Å²) in [5, 5.41) is 2.55. The van der Waals surface area contributed by atoms with Gasteiger partial charge in [-0.05, 0) is 31.4 Å². The lowest BCUT2D eigenvalue weighted by Gasteiger charge is -2.25. The molecule has 24 heavy (non-hydrogen) atoms. The van der Waals surface area contributed by atoms with Gasteiger partial charge in [0.15, 0.2) is 0 Å². The zero-order valence-corrected chi connectivity index (χ0v) is 14.4. The van der Waals surface area contributed by atoms with Gasteiger partial charge in [-0.1, -0.05) is 30.3 Å². The Kier molecular flexibility index (Phi) is 7.21. The molecule has 1 aliphatic heterocycles. The van der Waals surface area contributed by atoms with E-state index in [1.165, 1.54) is 5.56 Å². The minimum absolute atomic E-state index is 0.0321. The Morgan fingerprint density at radius 1 is 1.33 bits per heavy atom. The predicted molar refractivity (Wildman–Crippen MR) is 94.1 cm³/mol. The largest absolute Gasteiger partial charge is 0.346 e. The van der Waals surface area contributed by atoms with E-state index < -0.39 is 0 Å². The first-order valence-electron chi connectivity index (χ1n) is 8.63. The molecule has 6 heteroatoms. The number of nitrogens with zero attached hydrogens (tertiary/aromatic N) is 2. The summed E-state index contributed by atoms with van der Waals surface area (Å²) in [6.45, 7) is 6.36. The summed E-state index contributed by atoms with van der Waals surface area (Å²) in [5.74, 6) is 0.151. The Balaban J connectivity index is 1.77. The Hall–Kier alpha value is -1.92. The molecule has 1 unspecified atom stereocenters. The molecule has 3 N–H and O–H groups in total. The molecule has 1 aromatic carbocycles. The van der Waals surface area contributed by atoms with Gasteiger partial charge in [0.2, 0.25) is 11.8 Å². The molecule has 132 valence electrons. The van der Waals surface area contributed by atoms with Gasteiger partial charge in [-0.25, -0.2) is 0 Å². The number of rotatable bonds is 8. The van der Waals surface area contributed by atoms with Gasteiger partial charge in [0.05, 0.1) is 13.1 Å². The second kappa shape index (κ2) is 9.39. The number of nitrogens with two attached hydrogens (primary N) is 1. The standard InChI is InChI=1S/C18H28N4O2/c1-2-22(18(24)11-20-17(23)10-19)14-16-8-9-21(13-16)12-15-6-4-3-5-7-15/h3-7,16H,2,8-14,19H2,1H3,(H,20,23). The van der Waals surface area contributed by atoms with Crippen LogP contribution >= 0.6 is 0 Å². The third-order valence-electron chi connectivity index (χ3n) is 4.45.